The molecule has 2 N–H and O–H groups in total. The van der Waals surface area contributed by atoms with Crippen LogP contribution in [0.15, 0.2) is 57.5 Å². The minimum atomic E-state index is -0.804. The second kappa shape index (κ2) is 6.41. The van der Waals surface area contributed by atoms with E-state index >= 15 is 0 Å². The monoisotopic (exact) mass is 331 g/mol. The van der Waals surface area contributed by atoms with Crippen LogP contribution in [0.4, 0.5) is 4.39 Å². The summed E-state index contributed by atoms with van der Waals surface area (Å²) >= 11 is 1.37. The van der Waals surface area contributed by atoms with Crippen molar-refractivity contribution in [3.63, 3.8) is 0 Å². The lowest BCUT2D eigenvalue weighted by molar-refractivity contribution is 0.0504. The zero-order chi connectivity index (χ0) is 16.2. The van der Waals surface area contributed by atoms with E-state index in [1.807, 2.05) is 5.38 Å². The molecule has 6 nitrogen and oxygen atoms in total. The first-order valence-corrected chi connectivity index (χ1v) is 7.33. The van der Waals surface area contributed by atoms with Crippen molar-refractivity contribution in [2.45, 2.75) is 0 Å². The SMILES string of the molecule is N/C(=N\OC(=O)c1cc(-c2ccc(F)cc2)on1)c1cccs1. The number of oxime groups is 1. The van der Waals surface area contributed by atoms with Crippen LogP contribution in [0.2, 0.25) is 0 Å². The molecule has 0 fully saturated rings. The van der Waals surface area contributed by atoms with Crippen LogP contribution >= 0.6 is 11.3 Å². The first-order valence-electron chi connectivity index (χ1n) is 6.45. The van der Waals surface area contributed by atoms with Crippen LogP contribution in [0.1, 0.15) is 15.4 Å². The molecule has 0 amide bonds. The Balaban J connectivity index is 1.71. The number of nitrogens with zero attached hydrogens (tertiary/aromatic N) is 2. The molecule has 3 aromatic rings. The number of hydrogen-bond acceptors (Lipinski definition) is 6. The Morgan fingerprint density at radius 1 is 1.30 bits per heavy atom. The van der Waals surface area contributed by atoms with Gasteiger partial charge in [-0.3, -0.25) is 0 Å². The molecule has 8 heteroatoms. The highest BCUT2D eigenvalue weighted by Gasteiger charge is 2.16. The van der Waals surface area contributed by atoms with Crippen molar-refractivity contribution in [2.75, 3.05) is 0 Å². The quantitative estimate of drug-likeness (QED) is 0.343. The van der Waals surface area contributed by atoms with E-state index in [1.165, 1.54) is 41.7 Å². The summed E-state index contributed by atoms with van der Waals surface area (Å²) in [6, 6.07) is 10.5. The van der Waals surface area contributed by atoms with E-state index in [0.717, 1.165) is 0 Å². The summed E-state index contributed by atoms with van der Waals surface area (Å²) < 4.78 is 17.9. The fourth-order valence-corrected chi connectivity index (χ4v) is 2.35. The van der Waals surface area contributed by atoms with Gasteiger partial charge in [0.2, 0.25) is 0 Å². The van der Waals surface area contributed by atoms with Crippen molar-refractivity contribution in [1.82, 2.24) is 5.16 Å². The highest BCUT2D eigenvalue weighted by Crippen LogP contribution is 2.21. The molecule has 0 aliphatic heterocycles. The second-order valence-corrected chi connectivity index (χ2v) is 5.36. The third kappa shape index (κ3) is 3.43. The van der Waals surface area contributed by atoms with E-state index < -0.39 is 5.97 Å². The van der Waals surface area contributed by atoms with Crippen LogP contribution in [0.5, 0.6) is 0 Å². The predicted molar refractivity (Wildman–Crippen MR) is 82.4 cm³/mol. The summed E-state index contributed by atoms with van der Waals surface area (Å²) in [7, 11) is 0. The molecule has 3 rings (SSSR count). The lowest BCUT2D eigenvalue weighted by atomic mass is 10.1. The van der Waals surface area contributed by atoms with Crippen LogP contribution in [-0.4, -0.2) is 17.0 Å². The number of amidine groups is 1. The van der Waals surface area contributed by atoms with Crippen LogP contribution in [0.25, 0.3) is 11.3 Å². The molecule has 1 aromatic carbocycles. The van der Waals surface area contributed by atoms with Gasteiger partial charge in [0.05, 0.1) is 4.88 Å². The number of carbonyl (C=O) groups excluding carboxylic acids is 1. The Labute approximate surface area is 134 Å². The molecule has 0 spiro atoms. The Morgan fingerprint density at radius 2 is 2.09 bits per heavy atom. The maximum Gasteiger partial charge on any atom is 0.387 e. The van der Waals surface area contributed by atoms with E-state index in [1.54, 1.807) is 12.1 Å². The van der Waals surface area contributed by atoms with Gasteiger partial charge in [-0.25, -0.2) is 9.18 Å². The smallest absolute Gasteiger partial charge is 0.380 e. The first kappa shape index (κ1) is 14.9. The lowest BCUT2D eigenvalue weighted by Gasteiger charge is -1.95. The zero-order valence-corrected chi connectivity index (χ0v) is 12.4. The molecule has 0 unspecified atom stereocenters. The van der Waals surface area contributed by atoms with Crippen LogP contribution in [0, 0.1) is 5.82 Å². The second-order valence-electron chi connectivity index (χ2n) is 4.42. The molecular formula is C15H10FN3O3S. The summed E-state index contributed by atoms with van der Waals surface area (Å²) in [5.74, 6) is -0.768. The summed E-state index contributed by atoms with van der Waals surface area (Å²) in [4.78, 5) is 17.3. The third-order valence-corrected chi connectivity index (χ3v) is 3.74. The molecule has 0 saturated heterocycles. The summed E-state index contributed by atoms with van der Waals surface area (Å²) in [5, 5.41) is 8.99. The largest absolute Gasteiger partial charge is 0.387 e. The lowest BCUT2D eigenvalue weighted by Crippen LogP contribution is -2.13. The number of hydrogen-bond donors (Lipinski definition) is 1. The van der Waals surface area contributed by atoms with Gasteiger partial charge in [0.15, 0.2) is 17.3 Å². The van der Waals surface area contributed by atoms with Crippen molar-refractivity contribution in [3.05, 3.63) is 64.2 Å². The average Bonchev–Trinajstić information content (AvgIpc) is 3.24. The predicted octanol–water partition coefficient (Wildman–Crippen LogP) is 3.02. The van der Waals surface area contributed by atoms with Crippen molar-refractivity contribution >= 4 is 23.1 Å². The van der Waals surface area contributed by atoms with E-state index in [-0.39, 0.29) is 17.3 Å². The highest BCUT2D eigenvalue weighted by molar-refractivity contribution is 7.12. The number of carbonyl (C=O) groups is 1. The van der Waals surface area contributed by atoms with Crippen molar-refractivity contribution in [3.8, 4) is 11.3 Å². The summed E-state index contributed by atoms with van der Waals surface area (Å²) in [6.45, 7) is 0. The molecule has 23 heavy (non-hydrogen) atoms. The molecule has 116 valence electrons. The molecule has 0 aliphatic rings. The number of rotatable bonds is 4. The minimum Gasteiger partial charge on any atom is -0.380 e. The number of nitrogens with two attached hydrogens (primary N) is 1. The Bertz CT molecular complexity index is 841. The molecular weight excluding hydrogens is 321 g/mol. The number of thiophene rings is 1. The van der Waals surface area contributed by atoms with Gasteiger partial charge in [0, 0.05) is 11.6 Å². The summed E-state index contributed by atoms with van der Waals surface area (Å²) in [5.41, 5.74) is 6.20. The molecule has 0 aliphatic carbocycles. The van der Waals surface area contributed by atoms with Crippen LogP contribution in [-0.2, 0) is 4.84 Å². The molecule has 0 atom stereocenters. The third-order valence-electron chi connectivity index (χ3n) is 2.85. The van der Waals surface area contributed by atoms with Gasteiger partial charge in [0.25, 0.3) is 0 Å². The Morgan fingerprint density at radius 3 is 2.78 bits per heavy atom. The molecule has 2 heterocycles. The Hall–Kier alpha value is -3.00. The first-order chi connectivity index (χ1) is 11.1. The standard InChI is InChI=1S/C15H10FN3O3S/c16-10-5-3-9(4-6-10)12-8-11(18-21-12)15(20)22-19-14(17)13-2-1-7-23-13/h1-8H,(H2,17,19). The van der Waals surface area contributed by atoms with Crippen molar-refractivity contribution in [2.24, 2.45) is 10.9 Å². The van der Waals surface area contributed by atoms with Gasteiger partial charge < -0.3 is 15.1 Å². The minimum absolute atomic E-state index is 0.0629. The molecule has 2 aromatic heterocycles. The number of halogens is 1. The number of benzene rings is 1. The van der Waals surface area contributed by atoms with Gasteiger partial charge in [-0.2, -0.15) is 0 Å². The van der Waals surface area contributed by atoms with Crippen molar-refractivity contribution in [1.29, 1.82) is 0 Å². The Kier molecular flexibility index (Phi) is 4.15. The van der Waals surface area contributed by atoms with E-state index in [9.17, 15) is 9.18 Å². The average molecular weight is 331 g/mol. The van der Waals surface area contributed by atoms with Gasteiger partial charge in [-0.05, 0) is 35.7 Å². The van der Waals surface area contributed by atoms with Gasteiger partial charge in [-0.1, -0.05) is 16.4 Å². The fraction of sp³-hybridized carbons (Fsp3) is 0. The van der Waals surface area contributed by atoms with E-state index in [2.05, 4.69) is 10.3 Å². The summed E-state index contributed by atoms with van der Waals surface area (Å²) in [6.07, 6.45) is 0. The highest BCUT2D eigenvalue weighted by atomic mass is 32.1. The molecule has 0 saturated carbocycles. The van der Waals surface area contributed by atoms with E-state index in [4.69, 9.17) is 15.1 Å². The van der Waals surface area contributed by atoms with Gasteiger partial charge >= 0.3 is 5.97 Å². The van der Waals surface area contributed by atoms with Gasteiger partial charge in [0.1, 0.15) is 5.82 Å². The molecule has 0 radical (unpaired) electrons. The van der Waals surface area contributed by atoms with E-state index in [0.29, 0.717) is 16.2 Å². The van der Waals surface area contributed by atoms with Crippen molar-refractivity contribution < 1.29 is 18.5 Å². The van der Waals surface area contributed by atoms with Crippen LogP contribution in [0.3, 0.4) is 0 Å². The maximum atomic E-state index is 12.9. The maximum absolute atomic E-state index is 12.9. The molecule has 0 bridgehead atoms. The normalized spacial score (nSPS) is 11.4. The van der Waals surface area contributed by atoms with Gasteiger partial charge in [-0.15, -0.1) is 11.3 Å². The van der Waals surface area contributed by atoms with Crippen LogP contribution < -0.4 is 5.73 Å². The fourth-order valence-electron chi connectivity index (χ4n) is 1.73. The zero-order valence-electron chi connectivity index (χ0n) is 11.6. The topological polar surface area (TPSA) is 90.7 Å². The number of aromatic nitrogens is 1.